The molecule has 2 rings (SSSR count). The number of hydrogen-bond acceptors (Lipinski definition) is 3. The summed E-state index contributed by atoms with van der Waals surface area (Å²) in [5, 5.41) is 3.54. The summed E-state index contributed by atoms with van der Waals surface area (Å²) >= 11 is 6.99. The van der Waals surface area contributed by atoms with Gasteiger partial charge in [0.2, 0.25) is 0 Å². The normalized spacial score (nSPS) is 14.2. The van der Waals surface area contributed by atoms with Crippen molar-refractivity contribution in [2.75, 3.05) is 20.3 Å². The number of benzene rings is 1. The lowest BCUT2D eigenvalue weighted by atomic mass is 10.2. The lowest BCUT2D eigenvalue weighted by Gasteiger charge is -2.11. The molecule has 0 unspecified atom stereocenters. The molecule has 0 bridgehead atoms. The molecule has 0 atom stereocenters. The maximum atomic E-state index is 5.82. The lowest BCUT2D eigenvalue weighted by molar-refractivity contribution is 0.301. The van der Waals surface area contributed by atoms with E-state index in [2.05, 4.69) is 37.2 Å². The highest BCUT2D eigenvalue weighted by Crippen LogP contribution is 2.36. The second-order valence-electron chi connectivity index (χ2n) is 5.41. The molecule has 1 aliphatic carbocycles. The maximum absolute atomic E-state index is 5.82. The van der Waals surface area contributed by atoms with Crippen LogP contribution in [0.25, 0.3) is 0 Å². The molecule has 1 aromatic rings. The Bertz CT molecular complexity index is 450. The van der Waals surface area contributed by atoms with Crippen LogP contribution in [0.4, 0.5) is 0 Å². The molecule has 1 saturated carbocycles. The Kier molecular flexibility index (Phi) is 7.34. The molecule has 0 spiro atoms. The molecule has 1 N–H and O–H groups in total. The number of ether oxygens (including phenoxy) is 2. The number of unbranched alkanes of at least 4 members (excludes halogenated alkanes) is 3. The van der Waals surface area contributed by atoms with Crippen molar-refractivity contribution in [1.82, 2.24) is 5.32 Å². The molecule has 1 fully saturated rings. The van der Waals surface area contributed by atoms with Crippen LogP contribution in [0.3, 0.4) is 0 Å². The number of hydrogen-bond donors (Lipinski definition) is 1. The Labute approximate surface area is 144 Å². The first-order chi connectivity index (χ1) is 10.2. The van der Waals surface area contributed by atoms with Gasteiger partial charge >= 0.3 is 0 Å². The summed E-state index contributed by atoms with van der Waals surface area (Å²) in [7, 11) is 1.66. The largest absolute Gasteiger partial charge is 0.496 e. The number of rotatable bonds is 10. The first-order valence-electron chi connectivity index (χ1n) is 7.60. The minimum atomic E-state index is 0.757. The first kappa shape index (κ1) is 17.1. The van der Waals surface area contributed by atoms with Gasteiger partial charge in [0.05, 0.1) is 22.7 Å². The van der Waals surface area contributed by atoms with Crippen molar-refractivity contribution in [1.29, 1.82) is 0 Å². The van der Waals surface area contributed by atoms with Gasteiger partial charge in [-0.1, -0.05) is 12.8 Å². The van der Waals surface area contributed by atoms with Crippen molar-refractivity contribution in [3.63, 3.8) is 0 Å². The fourth-order valence-corrected chi connectivity index (χ4v) is 3.05. The summed E-state index contributed by atoms with van der Waals surface area (Å²) in [4.78, 5) is 0. The Hall–Kier alpha value is -0.260. The van der Waals surface area contributed by atoms with E-state index in [9.17, 15) is 0 Å². The summed E-state index contributed by atoms with van der Waals surface area (Å²) in [6.45, 7) is 1.93. The third-order valence-corrected chi connectivity index (χ3v) is 4.78. The smallest absolute Gasteiger partial charge is 0.134 e. The van der Waals surface area contributed by atoms with Crippen molar-refractivity contribution >= 4 is 31.9 Å². The molecule has 5 heteroatoms. The summed E-state index contributed by atoms with van der Waals surface area (Å²) in [5.41, 5.74) is 0. The van der Waals surface area contributed by atoms with Gasteiger partial charge in [-0.3, -0.25) is 0 Å². The highest BCUT2D eigenvalue weighted by atomic mass is 79.9. The molecule has 0 heterocycles. The van der Waals surface area contributed by atoms with E-state index in [0.717, 1.165) is 39.5 Å². The second kappa shape index (κ2) is 9.01. The van der Waals surface area contributed by atoms with Gasteiger partial charge < -0.3 is 14.8 Å². The predicted octanol–water partition coefficient (Wildman–Crippen LogP) is 4.91. The van der Waals surface area contributed by atoms with Crippen LogP contribution in [0.2, 0.25) is 0 Å². The van der Waals surface area contributed by atoms with Crippen LogP contribution in [0, 0.1) is 0 Å². The van der Waals surface area contributed by atoms with E-state index < -0.39 is 0 Å². The van der Waals surface area contributed by atoms with E-state index in [1.165, 1.54) is 38.6 Å². The van der Waals surface area contributed by atoms with Gasteiger partial charge in [-0.05, 0) is 76.2 Å². The van der Waals surface area contributed by atoms with Gasteiger partial charge in [-0.25, -0.2) is 0 Å². The van der Waals surface area contributed by atoms with Crippen molar-refractivity contribution in [2.45, 2.75) is 44.6 Å². The topological polar surface area (TPSA) is 30.5 Å². The molecular formula is C16H23Br2NO2. The zero-order valence-corrected chi connectivity index (χ0v) is 15.6. The molecule has 0 amide bonds. The number of nitrogens with one attached hydrogen (secondary N) is 1. The molecule has 21 heavy (non-hydrogen) atoms. The van der Waals surface area contributed by atoms with Gasteiger partial charge in [-0.2, -0.15) is 0 Å². The van der Waals surface area contributed by atoms with Crippen LogP contribution < -0.4 is 14.8 Å². The second-order valence-corrected chi connectivity index (χ2v) is 7.12. The summed E-state index contributed by atoms with van der Waals surface area (Å²) < 4.78 is 12.9. The zero-order chi connectivity index (χ0) is 15.1. The third kappa shape index (κ3) is 6.17. The Morgan fingerprint density at radius 1 is 1.05 bits per heavy atom. The van der Waals surface area contributed by atoms with Crippen molar-refractivity contribution in [2.24, 2.45) is 0 Å². The van der Waals surface area contributed by atoms with Crippen molar-refractivity contribution in [3.8, 4) is 11.5 Å². The summed E-state index contributed by atoms with van der Waals surface area (Å²) in [6.07, 6.45) is 7.62. The van der Waals surface area contributed by atoms with E-state index in [4.69, 9.17) is 9.47 Å². The van der Waals surface area contributed by atoms with Crippen LogP contribution in [-0.2, 0) is 0 Å². The molecule has 1 aliphatic rings. The Balaban J connectivity index is 1.58. The standard InChI is InChI=1S/C16H23Br2NO2/c1-20-15-10-14(18)16(11-13(15)17)21-9-5-3-2-4-8-19-12-6-7-12/h10-12,19H,2-9H2,1H3. The fourth-order valence-electron chi connectivity index (χ4n) is 2.13. The van der Waals surface area contributed by atoms with Gasteiger partial charge in [0, 0.05) is 6.04 Å². The van der Waals surface area contributed by atoms with Gasteiger partial charge in [0.15, 0.2) is 0 Å². The molecule has 118 valence electrons. The van der Waals surface area contributed by atoms with Crippen molar-refractivity contribution in [3.05, 3.63) is 21.1 Å². The minimum absolute atomic E-state index is 0.757. The van der Waals surface area contributed by atoms with Gasteiger partial charge in [-0.15, -0.1) is 0 Å². The summed E-state index contributed by atoms with van der Waals surface area (Å²) in [5.74, 6) is 1.66. The Morgan fingerprint density at radius 3 is 2.43 bits per heavy atom. The number of halogens is 2. The van der Waals surface area contributed by atoms with E-state index >= 15 is 0 Å². The minimum Gasteiger partial charge on any atom is -0.496 e. The summed E-state index contributed by atoms with van der Waals surface area (Å²) in [6, 6.07) is 4.70. The molecule has 0 saturated heterocycles. The average Bonchev–Trinajstić information content (AvgIpc) is 3.29. The van der Waals surface area contributed by atoms with Gasteiger partial charge in [0.25, 0.3) is 0 Å². The highest BCUT2D eigenvalue weighted by molar-refractivity contribution is 9.11. The van der Waals surface area contributed by atoms with Crippen LogP contribution in [-0.4, -0.2) is 26.3 Å². The van der Waals surface area contributed by atoms with Crippen LogP contribution in [0.15, 0.2) is 21.1 Å². The molecule has 1 aromatic carbocycles. The quantitative estimate of drug-likeness (QED) is 0.545. The monoisotopic (exact) mass is 419 g/mol. The van der Waals surface area contributed by atoms with Gasteiger partial charge in [0.1, 0.15) is 11.5 Å². The van der Waals surface area contributed by atoms with Crippen molar-refractivity contribution < 1.29 is 9.47 Å². The maximum Gasteiger partial charge on any atom is 0.134 e. The Morgan fingerprint density at radius 2 is 1.71 bits per heavy atom. The molecule has 0 radical (unpaired) electrons. The molecule has 0 aliphatic heterocycles. The van der Waals surface area contributed by atoms with E-state index in [0.29, 0.717) is 0 Å². The number of methoxy groups -OCH3 is 1. The third-order valence-electron chi connectivity index (χ3n) is 3.55. The highest BCUT2D eigenvalue weighted by Gasteiger charge is 2.19. The van der Waals surface area contributed by atoms with Crippen LogP contribution in [0.5, 0.6) is 11.5 Å². The van der Waals surface area contributed by atoms with Crippen LogP contribution in [0.1, 0.15) is 38.5 Å². The molecule has 3 nitrogen and oxygen atoms in total. The van der Waals surface area contributed by atoms with E-state index in [1.54, 1.807) is 7.11 Å². The SMILES string of the molecule is COc1cc(Br)c(OCCCCCCNC2CC2)cc1Br. The fraction of sp³-hybridized carbons (Fsp3) is 0.625. The predicted molar refractivity (Wildman–Crippen MR) is 93.4 cm³/mol. The molecular weight excluding hydrogens is 398 g/mol. The lowest BCUT2D eigenvalue weighted by Crippen LogP contribution is -2.17. The average molecular weight is 421 g/mol. The zero-order valence-electron chi connectivity index (χ0n) is 12.5. The van der Waals surface area contributed by atoms with Crippen LogP contribution >= 0.6 is 31.9 Å². The first-order valence-corrected chi connectivity index (χ1v) is 9.18. The van der Waals surface area contributed by atoms with E-state index in [-0.39, 0.29) is 0 Å². The molecule has 0 aromatic heterocycles. The van der Waals surface area contributed by atoms with E-state index in [1.807, 2.05) is 12.1 Å².